The molecule has 0 saturated heterocycles. The zero-order valence-corrected chi connectivity index (χ0v) is 22.0. The number of aromatic nitrogens is 3. The highest BCUT2D eigenvalue weighted by Gasteiger charge is 2.33. The van der Waals surface area contributed by atoms with Crippen molar-refractivity contribution in [2.75, 3.05) is 30.8 Å². The summed E-state index contributed by atoms with van der Waals surface area (Å²) in [5.41, 5.74) is 3.75. The summed E-state index contributed by atoms with van der Waals surface area (Å²) in [5.74, 6) is 1.97. The Labute approximate surface area is 212 Å². The Morgan fingerprint density at radius 2 is 1.91 bits per heavy atom. The largest absolute Gasteiger partial charge is 0.396 e. The minimum Gasteiger partial charge on any atom is -0.396 e. The van der Waals surface area contributed by atoms with E-state index in [1.165, 1.54) is 12.8 Å². The molecule has 0 amide bonds. The quantitative estimate of drug-likeness (QED) is 0.288. The third-order valence-corrected chi connectivity index (χ3v) is 7.60. The Morgan fingerprint density at radius 1 is 1.17 bits per heavy atom. The van der Waals surface area contributed by atoms with E-state index >= 15 is 0 Å². The monoisotopic (exact) mass is 498 g/mol. The summed E-state index contributed by atoms with van der Waals surface area (Å²) < 4.78 is 0. The molecule has 2 aliphatic carbocycles. The molecule has 0 aromatic carbocycles. The third-order valence-electron chi connectivity index (χ3n) is 6.61. The van der Waals surface area contributed by atoms with Crippen LogP contribution in [0, 0.1) is 38.5 Å². The van der Waals surface area contributed by atoms with Gasteiger partial charge in [0.2, 0.25) is 5.95 Å². The highest BCUT2D eigenvalue weighted by Crippen LogP contribution is 2.37. The second kappa shape index (κ2) is 12.4. The van der Waals surface area contributed by atoms with Crippen molar-refractivity contribution in [1.82, 2.24) is 15.0 Å². The maximum atomic E-state index is 10.3. The molecule has 0 spiro atoms. The second-order valence-electron chi connectivity index (χ2n) is 9.35. The smallest absolute Gasteiger partial charge is 0.224 e. The number of hydrogen-bond acceptors (Lipinski definition) is 9. The summed E-state index contributed by atoms with van der Waals surface area (Å²) in [6.07, 6.45) is 13.2. The number of aryl methyl sites for hydroxylation is 2. The van der Waals surface area contributed by atoms with Crippen molar-refractivity contribution >= 4 is 28.8 Å². The number of nitrogens with zero attached hydrogens (tertiary/aromatic N) is 4. The number of rotatable bonds is 10. The molecular weight excluding hydrogens is 460 g/mol. The fraction of sp³-hybridized carbons (Fsp3) is 0.615. The molecule has 190 valence electrons. The van der Waals surface area contributed by atoms with Crippen LogP contribution >= 0.6 is 11.3 Å². The second-order valence-corrected chi connectivity index (χ2v) is 10.6. The fourth-order valence-corrected chi connectivity index (χ4v) is 5.56. The molecule has 2 aromatic rings. The molecule has 8 nitrogen and oxygen atoms in total. The SMILES string of the molecule is C#C.CCCC(=NC)c1nc(-c2c(C)nc(NCC3CC3)nc2NC2CC(CO)[C@@H](O)C2)sc1C. The lowest BCUT2D eigenvalue weighted by atomic mass is 10.1. The van der Waals surface area contributed by atoms with Gasteiger partial charge in [-0.15, -0.1) is 24.2 Å². The molecule has 4 N–H and O–H groups in total. The first-order valence-corrected chi connectivity index (χ1v) is 13.2. The van der Waals surface area contributed by atoms with Gasteiger partial charge in [0, 0.05) is 37.0 Å². The first-order chi connectivity index (χ1) is 16.9. The number of terminal acetylenes is 1. The molecule has 4 rings (SSSR count). The number of hydrogen-bond donors (Lipinski definition) is 4. The molecule has 9 heteroatoms. The molecule has 2 unspecified atom stereocenters. The Bertz CT molecular complexity index is 1050. The van der Waals surface area contributed by atoms with E-state index in [1.54, 1.807) is 11.3 Å². The predicted molar refractivity (Wildman–Crippen MR) is 144 cm³/mol. The number of anilines is 2. The van der Waals surface area contributed by atoms with Gasteiger partial charge in [0.05, 0.1) is 28.8 Å². The van der Waals surface area contributed by atoms with Crippen molar-refractivity contribution in [3.05, 3.63) is 16.3 Å². The lowest BCUT2D eigenvalue weighted by molar-refractivity contribution is 0.0908. The van der Waals surface area contributed by atoms with Crippen molar-refractivity contribution in [2.24, 2.45) is 16.8 Å². The van der Waals surface area contributed by atoms with Crippen molar-refractivity contribution in [3.8, 4) is 23.4 Å². The van der Waals surface area contributed by atoms with E-state index in [4.69, 9.17) is 15.0 Å². The molecule has 2 heterocycles. The van der Waals surface area contributed by atoms with E-state index in [2.05, 4.69) is 42.3 Å². The number of aliphatic imine (C=N–C) groups is 1. The van der Waals surface area contributed by atoms with Crippen LogP contribution in [0.5, 0.6) is 0 Å². The molecule has 35 heavy (non-hydrogen) atoms. The van der Waals surface area contributed by atoms with Crippen molar-refractivity contribution in [3.63, 3.8) is 0 Å². The molecule has 3 atom stereocenters. The average Bonchev–Trinajstić information content (AvgIpc) is 3.51. The van der Waals surface area contributed by atoms with Gasteiger partial charge >= 0.3 is 0 Å². The summed E-state index contributed by atoms with van der Waals surface area (Å²) in [6.45, 7) is 7.12. The normalized spacial score (nSPS) is 21.9. The van der Waals surface area contributed by atoms with Gasteiger partial charge in [0.15, 0.2) is 0 Å². The lowest BCUT2D eigenvalue weighted by Gasteiger charge is -2.18. The topological polar surface area (TPSA) is 116 Å². The first-order valence-electron chi connectivity index (χ1n) is 12.4. The van der Waals surface area contributed by atoms with Gasteiger partial charge in [-0.2, -0.15) is 4.98 Å². The van der Waals surface area contributed by atoms with Crippen LogP contribution in [0.1, 0.15) is 61.7 Å². The van der Waals surface area contributed by atoms with E-state index in [1.807, 2.05) is 14.0 Å². The lowest BCUT2D eigenvalue weighted by Crippen LogP contribution is -2.20. The van der Waals surface area contributed by atoms with E-state index in [0.29, 0.717) is 18.8 Å². The molecule has 2 aromatic heterocycles. The van der Waals surface area contributed by atoms with Crippen LogP contribution in [0.25, 0.3) is 10.6 Å². The first kappa shape index (κ1) is 27.1. The van der Waals surface area contributed by atoms with Crippen molar-refractivity contribution < 1.29 is 10.2 Å². The Kier molecular flexibility index (Phi) is 9.61. The number of thiazole rings is 1. The number of nitrogens with one attached hydrogen (secondary N) is 2. The average molecular weight is 499 g/mol. The van der Waals surface area contributed by atoms with E-state index < -0.39 is 6.10 Å². The van der Waals surface area contributed by atoms with Gasteiger partial charge in [0.25, 0.3) is 0 Å². The number of aliphatic hydroxyl groups is 2. The molecule has 2 fully saturated rings. The summed E-state index contributed by atoms with van der Waals surface area (Å²) in [4.78, 5) is 20.2. The summed E-state index contributed by atoms with van der Waals surface area (Å²) in [6, 6.07) is 0.0369. The molecule has 2 aliphatic rings. The Morgan fingerprint density at radius 3 is 2.51 bits per heavy atom. The van der Waals surface area contributed by atoms with Gasteiger partial charge < -0.3 is 20.8 Å². The van der Waals surface area contributed by atoms with Crippen LogP contribution in [0.15, 0.2) is 4.99 Å². The zero-order chi connectivity index (χ0) is 25.5. The fourth-order valence-electron chi connectivity index (χ4n) is 4.52. The molecule has 0 radical (unpaired) electrons. The van der Waals surface area contributed by atoms with Gasteiger partial charge in [-0.05, 0) is 51.9 Å². The zero-order valence-electron chi connectivity index (χ0n) is 21.2. The third kappa shape index (κ3) is 6.57. The summed E-state index contributed by atoms with van der Waals surface area (Å²) >= 11 is 1.64. The maximum absolute atomic E-state index is 10.3. The van der Waals surface area contributed by atoms with Crippen LogP contribution in [0.4, 0.5) is 11.8 Å². The highest BCUT2D eigenvalue weighted by molar-refractivity contribution is 7.15. The number of aliphatic hydroxyl groups excluding tert-OH is 2. The molecular formula is C26H38N6O2S. The van der Waals surface area contributed by atoms with Crippen molar-refractivity contribution in [1.29, 1.82) is 0 Å². The summed E-state index contributed by atoms with van der Waals surface area (Å²) in [7, 11) is 1.83. The van der Waals surface area contributed by atoms with Gasteiger partial charge in [-0.3, -0.25) is 4.99 Å². The van der Waals surface area contributed by atoms with E-state index in [-0.39, 0.29) is 18.6 Å². The molecule has 0 aliphatic heterocycles. The maximum Gasteiger partial charge on any atom is 0.224 e. The van der Waals surface area contributed by atoms with Crippen LogP contribution in [0.3, 0.4) is 0 Å². The predicted octanol–water partition coefficient (Wildman–Crippen LogP) is 4.05. The van der Waals surface area contributed by atoms with Gasteiger partial charge in [-0.25, -0.2) is 9.97 Å². The van der Waals surface area contributed by atoms with Gasteiger partial charge in [0.1, 0.15) is 10.8 Å². The highest BCUT2D eigenvalue weighted by atomic mass is 32.1. The van der Waals surface area contributed by atoms with Gasteiger partial charge in [-0.1, -0.05) is 13.3 Å². The summed E-state index contributed by atoms with van der Waals surface area (Å²) in [5, 5.41) is 27.7. The van der Waals surface area contributed by atoms with Crippen LogP contribution in [-0.2, 0) is 0 Å². The van der Waals surface area contributed by atoms with Crippen LogP contribution < -0.4 is 10.6 Å². The molecule has 0 bridgehead atoms. The van der Waals surface area contributed by atoms with Crippen LogP contribution in [-0.4, -0.2) is 63.2 Å². The Balaban J connectivity index is 0.00000167. The minimum absolute atomic E-state index is 0.00517. The standard InChI is InChI=1S/C24H36N6O2S.C2H2/c1-5-6-18(25-4)21-14(3)33-23(29-21)20-13(2)27-24(26-11-15-7-8-15)30-22(20)28-17-9-16(12-31)19(32)10-17;1-2/h15-17,19,31-32H,5-12H2,1-4H3,(H2,26,27,28,30);1-2H/t16?,17?,19-;/m0./s1. The molecule has 2 saturated carbocycles. The Hall–Kier alpha value is -2.54. The van der Waals surface area contributed by atoms with Crippen LogP contribution in [0.2, 0.25) is 0 Å². The van der Waals surface area contributed by atoms with E-state index in [9.17, 15) is 10.2 Å². The van der Waals surface area contributed by atoms with E-state index in [0.717, 1.165) is 63.7 Å². The minimum atomic E-state index is -0.502. The van der Waals surface area contributed by atoms with Crippen molar-refractivity contribution in [2.45, 2.75) is 71.4 Å².